The van der Waals surface area contributed by atoms with Crippen LogP contribution in [0.15, 0.2) is 0 Å². The van der Waals surface area contributed by atoms with Crippen LogP contribution in [0.3, 0.4) is 0 Å². The Morgan fingerprint density at radius 1 is 1.17 bits per heavy atom. The number of likely N-dealkylation sites (tertiary alicyclic amines) is 1. The number of nitrogens with two attached hydrogens (primary N) is 1. The Morgan fingerprint density at radius 2 is 2.00 bits per heavy atom. The molecular formula is C10H22N2+2. The molecule has 2 heteroatoms. The maximum absolute atomic E-state index is 2.50. The summed E-state index contributed by atoms with van der Waals surface area (Å²) in [5.74, 6) is 1.03. The maximum Gasteiger partial charge on any atom is 0.0854 e. The Hall–Kier alpha value is -0.0800. The van der Waals surface area contributed by atoms with Crippen LogP contribution < -0.4 is 10.2 Å². The van der Waals surface area contributed by atoms with Crippen molar-refractivity contribution < 1.29 is 10.2 Å². The molecule has 2 heterocycles. The van der Waals surface area contributed by atoms with E-state index in [1.54, 1.807) is 0 Å². The van der Waals surface area contributed by atoms with Gasteiger partial charge in [0.05, 0.1) is 38.6 Å². The van der Waals surface area contributed by atoms with Crippen molar-refractivity contribution in [1.29, 1.82) is 0 Å². The maximum atomic E-state index is 2.50. The zero-order valence-corrected chi connectivity index (χ0v) is 8.02. The van der Waals surface area contributed by atoms with Crippen LogP contribution in [0.25, 0.3) is 0 Å². The second kappa shape index (κ2) is 4.24. The van der Waals surface area contributed by atoms with E-state index in [0.717, 1.165) is 5.92 Å². The van der Waals surface area contributed by atoms with Gasteiger partial charge in [0.2, 0.25) is 0 Å². The van der Waals surface area contributed by atoms with E-state index in [0.29, 0.717) is 0 Å². The highest BCUT2D eigenvalue weighted by molar-refractivity contribution is 4.59. The molecule has 2 aliphatic heterocycles. The molecule has 0 unspecified atom stereocenters. The molecule has 0 amide bonds. The van der Waals surface area contributed by atoms with Crippen LogP contribution in [0.2, 0.25) is 0 Å². The van der Waals surface area contributed by atoms with Crippen LogP contribution in [0, 0.1) is 5.92 Å². The first-order chi connectivity index (χ1) is 5.95. The summed E-state index contributed by atoms with van der Waals surface area (Å²) < 4.78 is 0. The second-order valence-corrected chi connectivity index (χ2v) is 4.48. The van der Waals surface area contributed by atoms with E-state index < -0.39 is 0 Å². The van der Waals surface area contributed by atoms with Gasteiger partial charge in [0, 0.05) is 12.8 Å². The molecule has 3 N–H and O–H groups in total. The summed E-state index contributed by atoms with van der Waals surface area (Å²) in [5.41, 5.74) is 0. The van der Waals surface area contributed by atoms with E-state index in [1.807, 2.05) is 4.90 Å². The van der Waals surface area contributed by atoms with Crippen molar-refractivity contribution in [2.75, 3.05) is 32.7 Å². The fourth-order valence-corrected chi connectivity index (χ4v) is 2.70. The standard InChI is InChI=1S/C10H20N2/c1-2-7-12(6-1)9-10-4-3-5-11-8-10/h10-11H,1-9H2/p+2/t10-/m1/s1. The van der Waals surface area contributed by atoms with Crippen LogP contribution in [0.4, 0.5) is 0 Å². The second-order valence-electron chi connectivity index (χ2n) is 4.48. The Balaban J connectivity index is 1.69. The van der Waals surface area contributed by atoms with Crippen molar-refractivity contribution in [3.63, 3.8) is 0 Å². The smallest absolute Gasteiger partial charge is 0.0854 e. The van der Waals surface area contributed by atoms with Crippen LogP contribution in [0.1, 0.15) is 25.7 Å². The van der Waals surface area contributed by atoms with Crippen LogP contribution >= 0.6 is 0 Å². The number of hydrogen-bond acceptors (Lipinski definition) is 0. The summed E-state index contributed by atoms with van der Waals surface area (Å²) in [4.78, 5) is 1.88. The highest BCUT2D eigenvalue weighted by Crippen LogP contribution is 2.04. The van der Waals surface area contributed by atoms with E-state index in [-0.39, 0.29) is 0 Å². The van der Waals surface area contributed by atoms with Crippen molar-refractivity contribution in [2.24, 2.45) is 5.92 Å². The summed E-state index contributed by atoms with van der Waals surface area (Å²) in [7, 11) is 0. The van der Waals surface area contributed by atoms with E-state index in [1.165, 1.54) is 58.4 Å². The predicted octanol–water partition coefficient (Wildman–Crippen LogP) is -1.36. The van der Waals surface area contributed by atoms with Gasteiger partial charge < -0.3 is 10.2 Å². The van der Waals surface area contributed by atoms with Gasteiger partial charge >= 0.3 is 0 Å². The SMILES string of the molecule is C1C[NH2+]C[C@H](C[NH+]2CCCC2)C1. The van der Waals surface area contributed by atoms with Gasteiger partial charge in [-0.05, 0) is 12.8 Å². The fourth-order valence-electron chi connectivity index (χ4n) is 2.70. The van der Waals surface area contributed by atoms with E-state index in [9.17, 15) is 0 Å². The Labute approximate surface area is 75.3 Å². The monoisotopic (exact) mass is 170 g/mol. The van der Waals surface area contributed by atoms with Crippen molar-refractivity contribution >= 4 is 0 Å². The average Bonchev–Trinajstić information content (AvgIpc) is 2.59. The minimum absolute atomic E-state index is 1.03. The summed E-state index contributed by atoms with van der Waals surface area (Å²) in [6.07, 6.45) is 5.91. The molecule has 2 nitrogen and oxygen atoms in total. The number of piperidine rings is 1. The van der Waals surface area contributed by atoms with Gasteiger partial charge in [-0.1, -0.05) is 0 Å². The first kappa shape index (κ1) is 8.52. The Bertz CT molecular complexity index is 124. The number of hydrogen-bond donors (Lipinski definition) is 2. The van der Waals surface area contributed by atoms with E-state index >= 15 is 0 Å². The molecule has 12 heavy (non-hydrogen) atoms. The van der Waals surface area contributed by atoms with Crippen molar-refractivity contribution in [3.8, 4) is 0 Å². The Morgan fingerprint density at radius 3 is 2.67 bits per heavy atom. The molecule has 0 aromatic heterocycles. The zero-order valence-electron chi connectivity index (χ0n) is 8.02. The molecule has 0 aliphatic carbocycles. The van der Waals surface area contributed by atoms with Crippen molar-refractivity contribution in [2.45, 2.75) is 25.7 Å². The topological polar surface area (TPSA) is 21.1 Å². The highest BCUT2D eigenvalue weighted by atomic mass is 15.1. The van der Waals surface area contributed by atoms with E-state index in [2.05, 4.69) is 5.32 Å². The lowest BCUT2D eigenvalue weighted by Crippen LogP contribution is -3.11. The third-order valence-corrected chi connectivity index (χ3v) is 3.41. The van der Waals surface area contributed by atoms with Crippen LogP contribution in [-0.4, -0.2) is 32.7 Å². The van der Waals surface area contributed by atoms with Gasteiger partial charge in [-0.25, -0.2) is 0 Å². The summed E-state index contributed by atoms with van der Waals surface area (Å²) >= 11 is 0. The normalized spacial score (nSPS) is 32.5. The van der Waals surface area contributed by atoms with Gasteiger partial charge in [-0.3, -0.25) is 0 Å². The van der Waals surface area contributed by atoms with Crippen molar-refractivity contribution in [1.82, 2.24) is 0 Å². The number of rotatable bonds is 2. The van der Waals surface area contributed by atoms with Crippen LogP contribution in [-0.2, 0) is 0 Å². The lowest BCUT2D eigenvalue weighted by molar-refractivity contribution is -0.893. The molecule has 2 aliphatic rings. The fraction of sp³-hybridized carbons (Fsp3) is 1.00. The average molecular weight is 170 g/mol. The van der Waals surface area contributed by atoms with E-state index in [4.69, 9.17) is 0 Å². The lowest BCUT2D eigenvalue weighted by atomic mass is 9.99. The van der Waals surface area contributed by atoms with Gasteiger partial charge in [0.15, 0.2) is 0 Å². The zero-order chi connectivity index (χ0) is 8.23. The molecule has 0 saturated carbocycles. The molecular weight excluding hydrogens is 148 g/mol. The minimum atomic E-state index is 1.03. The molecule has 2 saturated heterocycles. The molecule has 2 rings (SSSR count). The summed E-state index contributed by atoms with van der Waals surface area (Å²) in [6, 6.07) is 0. The molecule has 1 atom stereocenters. The lowest BCUT2D eigenvalue weighted by Gasteiger charge is -2.22. The van der Waals surface area contributed by atoms with Gasteiger partial charge in [0.1, 0.15) is 0 Å². The number of quaternary nitrogens is 2. The van der Waals surface area contributed by atoms with Gasteiger partial charge in [-0.15, -0.1) is 0 Å². The van der Waals surface area contributed by atoms with Crippen LogP contribution in [0.5, 0.6) is 0 Å². The minimum Gasteiger partial charge on any atom is -0.346 e. The first-order valence-corrected chi connectivity index (χ1v) is 5.60. The molecule has 70 valence electrons. The molecule has 0 aromatic carbocycles. The first-order valence-electron chi connectivity index (χ1n) is 5.60. The third kappa shape index (κ3) is 2.20. The molecule has 0 radical (unpaired) electrons. The van der Waals surface area contributed by atoms with Gasteiger partial charge in [-0.2, -0.15) is 0 Å². The highest BCUT2D eigenvalue weighted by Gasteiger charge is 2.23. The molecule has 2 fully saturated rings. The largest absolute Gasteiger partial charge is 0.346 e. The van der Waals surface area contributed by atoms with Gasteiger partial charge in [0.25, 0.3) is 0 Å². The summed E-state index contributed by atoms with van der Waals surface area (Å²) in [5, 5.41) is 2.50. The molecule has 0 aromatic rings. The molecule has 0 spiro atoms. The predicted molar refractivity (Wildman–Crippen MR) is 49.2 cm³/mol. The number of nitrogens with one attached hydrogen (secondary N) is 1. The third-order valence-electron chi connectivity index (χ3n) is 3.41. The van der Waals surface area contributed by atoms with Crippen molar-refractivity contribution in [3.05, 3.63) is 0 Å². The Kier molecular flexibility index (Phi) is 3.01. The summed E-state index contributed by atoms with van der Waals surface area (Å²) in [6.45, 7) is 7.17. The molecule has 0 bridgehead atoms. The quantitative estimate of drug-likeness (QED) is 0.511.